The number of hydrogen-bond acceptors (Lipinski definition) is 3. The Morgan fingerprint density at radius 1 is 1.40 bits per heavy atom. The van der Waals surface area contributed by atoms with E-state index >= 15 is 0 Å². The number of rotatable bonds is 3. The van der Waals surface area contributed by atoms with Crippen molar-refractivity contribution < 1.29 is 9.53 Å². The van der Waals surface area contributed by atoms with Crippen LogP contribution in [0.1, 0.15) is 43.0 Å². The maximum atomic E-state index is 13.1. The summed E-state index contributed by atoms with van der Waals surface area (Å²) in [5.41, 5.74) is 0.212. The second-order valence-corrected chi connectivity index (χ2v) is 6.79. The van der Waals surface area contributed by atoms with E-state index in [1.54, 1.807) is 18.4 Å². The first kappa shape index (κ1) is 13.8. The SMILES string of the molecule is COC1(C(=O)c2cccc3ccsc23)CCCC(C)C1. The molecule has 106 valence electrons. The second-order valence-electron chi connectivity index (χ2n) is 5.87. The molecule has 2 unspecified atom stereocenters. The van der Waals surface area contributed by atoms with E-state index in [-0.39, 0.29) is 5.78 Å². The number of methoxy groups -OCH3 is 1. The molecule has 2 aromatic rings. The number of benzene rings is 1. The number of thiophene rings is 1. The zero-order valence-corrected chi connectivity index (χ0v) is 12.8. The van der Waals surface area contributed by atoms with E-state index in [0.717, 1.165) is 34.9 Å². The zero-order chi connectivity index (χ0) is 14.2. The van der Waals surface area contributed by atoms with Crippen molar-refractivity contribution in [3.05, 3.63) is 35.2 Å². The molecule has 1 saturated carbocycles. The summed E-state index contributed by atoms with van der Waals surface area (Å²) in [6, 6.07) is 8.05. The fraction of sp³-hybridized carbons (Fsp3) is 0.471. The summed E-state index contributed by atoms with van der Waals surface area (Å²) in [7, 11) is 1.69. The predicted molar refractivity (Wildman–Crippen MR) is 83.5 cm³/mol. The molecule has 1 aromatic carbocycles. The van der Waals surface area contributed by atoms with Crippen LogP contribution in [-0.4, -0.2) is 18.5 Å². The number of hydrogen-bond donors (Lipinski definition) is 0. The van der Waals surface area contributed by atoms with Crippen LogP contribution in [0.2, 0.25) is 0 Å². The highest BCUT2D eigenvalue weighted by Gasteiger charge is 2.42. The van der Waals surface area contributed by atoms with Crippen molar-refractivity contribution in [3.8, 4) is 0 Å². The lowest BCUT2D eigenvalue weighted by atomic mass is 9.75. The first-order valence-corrected chi connectivity index (χ1v) is 8.10. The number of ether oxygens (including phenoxy) is 1. The average Bonchev–Trinajstić information content (AvgIpc) is 2.94. The molecule has 2 atom stereocenters. The molecule has 0 amide bonds. The molecule has 1 fully saturated rings. The van der Waals surface area contributed by atoms with Crippen molar-refractivity contribution in [1.29, 1.82) is 0 Å². The first-order chi connectivity index (χ1) is 9.66. The molecule has 2 nitrogen and oxygen atoms in total. The molecule has 20 heavy (non-hydrogen) atoms. The largest absolute Gasteiger partial charge is 0.370 e. The van der Waals surface area contributed by atoms with Gasteiger partial charge in [-0.25, -0.2) is 0 Å². The molecule has 0 spiro atoms. The van der Waals surface area contributed by atoms with Gasteiger partial charge in [0.15, 0.2) is 5.78 Å². The van der Waals surface area contributed by atoms with Crippen molar-refractivity contribution >= 4 is 27.2 Å². The van der Waals surface area contributed by atoms with Crippen LogP contribution >= 0.6 is 11.3 Å². The van der Waals surface area contributed by atoms with Crippen molar-refractivity contribution in [2.24, 2.45) is 5.92 Å². The van der Waals surface area contributed by atoms with E-state index in [1.165, 1.54) is 6.42 Å². The molecule has 1 aliphatic carbocycles. The fourth-order valence-electron chi connectivity index (χ4n) is 3.40. The summed E-state index contributed by atoms with van der Waals surface area (Å²) in [5.74, 6) is 0.717. The van der Waals surface area contributed by atoms with Gasteiger partial charge >= 0.3 is 0 Å². The Balaban J connectivity index is 2.04. The van der Waals surface area contributed by atoms with E-state index in [9.17, 15) is 4.79 Å². The number of fused-ring (bicyclic) bond motifs is 1. The molecule has 1 heterocycles. The summed E-state index contributed by atoms with van der Waals surface area (Å²) < 4.78 is 6.84. The number of Topliss-reactive ketones (excluding diaryl/α,β-unsaturated/α-hetero) is 1. The fourth-order valence-corrected chi connectivity index (χ4v) is 4.32. The minimum absolute atomic E-state index is 0.166. The second kappa shape index (κ2) is 5.30. The molecule has 3 heteroatoms. The van der Waals surface area contributed by atoms with Gasteiger partial charge in [-0.3, -0.25) is 4.79 Å². The Hall–Kier alpha value is -1.19. The molecule has 0 aliphatic heterocycles. The summed E-state index contributed by atoms with van der Waals surface area (Å²) in [5, 5.41) is 3.20. The third-order valence-electron chi connectivity index (χ3n) is 4.48. The van der Waals surface area contributed by atoms with Crippen molar-refractivity contribution in [3.63, 3.8) is 0 Å². The monoisotopic (exact) mass is 288 g/mol. The van der Waals surface area contributed by atoms with Crippen LogP contribution < -0.4 is 0 Å². The molecule has 1 aromatic heterocycles. The Bertz CT molecular complexity index is 631. The van der Waals surface area contributed by atoms with Crippen LogP contribution in [0.25, 0.3) is 10.1 Å². The lowest BCUT2D eigenvalue weighted by Crippen LogP contribution is -2.44. The van der Waals surface area contributed by atoms with E-state index in [0.29, 0.717) is 5.92 Å². The third kappa shape index (κ3) is 2.19. The minimum atomic E-state index is -0.615. The van der Waals surface area contributed by atoms with Gasteiger partial charge in [-0.15, -0.1) is 11.3 Å². The van der Waals surface area contributed by atoms with Crippen LogP contribution in [0.4, 0.5) is 0 Å². The summed E-state index contributed by atoms with van der Waals surface area (Å²) in [6.45, 7) is 2.21. The minimum Gasteiger partial charge on any atom is -0.370 e. The summed E-state index contributed by atoms with van der Waals surface area (Å²) in [4.78, 5) is 13.1. The first-order valence-electron chi connectivity index (χ1n) is 7.22. The maximum absolute atomic E-state index is 13.1. The smallest absolute Gasteiger partial charge is 0.196 e. The average molecular weight is 288 g/mol. The van der Waals surface area contributed by atoms with Gasteiger partial charge in [0.2, 0.25) is 0 Å². The van der Waals surface area contributed by atoms with Gasteiger partial charge in [0.1, 0.15) is 5.60 Å². The van der Waals surface area contributed by atoms with Crippen LogP contribution in [0.5, 0.6) is 0 Å². The topological polar surface area (TPSA) is 26.3 Å². The Labute approximate surface area is 123 Å². The van der Waals surface area contributed by atoms with E-state index in [2.05, 4.69) is 19.1 Å². The lowest BCUT2D eigenvalue weighted by Gasteiger charge is -2.37. The van der Waals surface area contributed by atoms with Gasteiger partial charge in [-0.2, -0.15) is 0 Å². The zero-order valence-electron chi connectivity index (χ0n) is 12.0. The van der Waals surface area contributed by atoms with Gasteiger partial charge in [-0.1, -0.05) is 25.5 Å². The molecular formula is C17H20O2S. The highest BCUT2D eigenvalue weighted by molar-refractivity contribution is 7.17. The van der Waals surface area contributed by atoms with Gasteiger partial charge in [0.05, 0.1) is 0 Å². The van der Waals surface area contributed by atoms with E-state index in [1.807, 2.05) is 17.5 Å². The predicted octanol–water partition coefficient (Wildman–Crippen LogP) is 4.68. The van der Waals surface area contributed by atoms with Crippen LogP contribution in [0.3, 0.4) is 0 Å². The van der Waals surface area contributed by atoms with Crippen molar-refractivity contribution in [1.82, 2.24) is 0 Å². The summed E-state index contributed by atoms with van der Waals surface area (Å²) in [6.07, 6.45) is 3.95. The van der Waals surface area contributed by atoms with Crippen molar-refractivity contribution in [2.75, 3.05) is 7.11 Å². The van der Waals surface area contributed by atoms with Crippen molar-refractivity contribution in [2.45, 2.75) is 38.2 Å². The number of ketones is 1. The van der Waals surface area contributed by atoms with Gasteiger partial charge in [0, 0.05) is 17.4 Å². The quantitative estimate of drug-likeness (QED) is 0.767. The molecule has 0 radical (unpaired) electrons. The Kier molecular flexibility index (Phi) is 3.65. The van der Waals surface area contributed by atoms with Gasteiger partial charge in [0.25, 0.3) is 0 Å². The normalized spacial score (nSPS) is 26.8. The summed E-state index contributed by atoms with van der Waals surface area (Å²) >= 11 is 1.64. The molecule has 1 aliphatic rings. The molecular weight excluding hydrogens is 268 g/mol. The van der Waals surface area contributed by atoms with Gasteiger partial charge < -0.3 is 4.74 Å². The standard InChI is InChI=1S/C17H20O2S/c1-12-5-4-9-17(11-12,19-2)16(18)14-7-3-6-13-8-10-20-15(13)14/h3,6-8,10,12H,4-5,9,11H2,1-2H3. The Morgan fingerprint density at radius 2 is 2.25 bits per heavy atom. The van der Waals surface area contributed by atoms with E-state index < -0.39 is 5.60 Å². The van der Waals surface area contributed by atoms with Gasteiger partial charge in [-0.05, 0) is 48.1 Å². The lowest BCUT2D eigenvalue weighted by molar-refractivity contribution is -0.0301. The highest BCUT2D eigenvalue weighted by Crippen LogP contribution is 2.39. The van der Waals surface area contributed by atoms with Crippen LogP contribution in [0, 0.1) is 5.92 Å². The number of carbonyl (C=O) groups is 1. The Morgan fingerprint density at radius 3 is 3.00 bits per heavy atom. The van der Waals surface area contributed by atoms with Crippen LogP contribution in [-0.2, 0) is 4.74 Å². The van der Waals surface area contributed by atoms with Crippen LogP contribution in [0.15, 0.2) is 29.6 Å². The van der Waals surface area contributed by atoms with E-state index in [4.69, 9.17) is 4.74 Å². The number of carbonyl (C=O) groups excluding carboxylic acids is 1. The molecule has 0 bridgehead atoms. The molecule has 0 N–H and O–H groups in total. The maximum Gasteiger partial charge on any atom is 0.196 e. The highest BCUT2D eigenvalue weighted by atomic mass is 32.1. The molecule has 0 saturated heterocycles. The third-order valence-corrected chi connectivity index (χ3v) is 5.45. The molecule has 3 rings (SSSR count).